The van der Waals surface area contributed by atoms with Gasteiger partial charge in [-0.2, -0.15) is 0 Å². The lowest BCUT2D eigenvalue weighted by molar-refractivity contribution is -0.126. The van der Waals surface area contributed by atoms with E-state index in [-0.39, 0.29) is 29.7 Å². The molecule has 4 heteroatoms. The monoisotopic (exact) mass is 300 g/mol. The van der Waals surface area contributed by atoms with E-state index in [1.54, 1.807) is 0 Å². The molecule has 1 aromatic carbocycles. The molecule has 2 amide bonds. The van der Waals surface area contributed by atoms with Crippen molar-refractivity contribution in [2.75, 3.05) is 0 Å². The molecule has 0 spiro atoms. The van der Waals surface area contributed by atoms with Crippen LogP contribution in [0, 0.1) is 18.8 Å². The third-order valence-corrected chi connectivity index (χ3v) is 5.17. The van der Waals surface area contributed by atoms with Gasteiger partial charge in [-0.25, -0.2) is 0 Å². The molecule has 0 saturated heterocycles. The van der Waals surface area contributed by atoms with E-state index in [1.165, 1.54) is 11.1 Å². The molecule has 118 valence electrons. The lowest BCUT2D eigenvalue weighted by Crippen LogP contribution is -2.47. The SMILES string of the molecule is Cc1ccccc1C1CC1C(=O)NC1CCCCC1C(N)=O. The molecule has 3 N–H and O–H groups in total. The highest BCUT2D eigenvalue weighted by molar-refractivity contribution is 5.84. The van der Waals surface area contributed by atoms with E-state index in [2.05, 4.69) is 24.4 Å². The maximum atomic E-state index is 12.5. The Kier molecular flexibility index (Phi) is 4.19. The van der Waals surface area contributed by atoms with E-state index in [4.69, 9.17) is 5.73 Å². The number of primary amides is 1. The van der Waals surface area contributed by atoms with E-state index in [1.807, 2.05) is 12.1 Å². The van der Waals surface area contributed by atoms with Crippen LogP contribution >= 0.6 is 0 Å². The quantitative estimate of drug-likeness (QED) is 0.895. The maximum Gasteiger partial charge on any atom is 0.223 e. The Morgan fingerprint density at radius 3 is 2.59 bits per heavy atom. The molecular weight excluding hydrogens is 276 g/mol. The number of nitrogens with two attached hydrogens (primary N) is 1. The Morgan fingerprint density at radius 1 is 1.14 bits per heavy atom. The Balaban J connectivity index is 1.61. The maximum absolute atomic E-state index is 12.5. The summed E-state index contributed by atoms with van der Waals surface area (Å²) in [6.07, 6.45) is 4.65. The van der Waals surface area contributed by atoms with Gasteiger partial charge in [0.1, 0.15) is 0 Å². The van der Waals surface area contributed by atoms with Crippen LogP contribution in [-0.2, 0) is 9.59 Å². The summed E-state index contributed by atoms with van der Waals surface area (Å²) in [5.74, 6) is -0.00983. The first-order valence-electron chi connectivity index (χ1n) is 8.23. The van der Waals surface area contributed by atoms with Gasteiger partial charge in [-0.3, -0.25) is 9.59 Å². The molecule has 4 atom stereocenters. The first kappa shape index (κ1) is 15.1. The molecule has 2 fully saturated rings. The highest BCUT2D eigenvalue weighted by Gasteiger charge is 2.45. The van der Waals surface area contributed by atoms with Crippen LogP contribution in [0.5, 0.6) is 0 Å². The van der Waals surface area contributed by atoms with Gasteiger partial charge in [0.2, 0.25) is 11.8 Å². The fourth-order valence-electron chi connectivity index (χ4n) is 3.77. The second-order valence-electron chi connectivity index (χ2n) is 6.71. The van der Waals surface area contributed by atoms with Crippen molar-refractivity contribution in [2.45, 2.75) is 51.0 Å². The number of benzene rings is 1. The topological polar surface area (TPSA) is 72.2 Å². The van der Waals surface area contributed by atoms with Gasteiger partial charge in [-0.15, -0.1) is 0 Å². The number of carbonyl (C=O) groups excluding carboxylic acids is 2. The van der Waals surface area contributed by atoms with Gasteiger partial charge in [-0.05, 0) is 43.2 Å². The third-order valence-electron chi connectivity index (χ3n) is 5.17. The smallest absolute Gasteiger partial charge is 0.223 e. The van der Waals surface area contributed by atoms with Crippen LogP contribution in [-0.4, -0.2) is 17.9 Å². The summed E-state index contributed by atoms with van der Waals surface area (Å²) in [4.78, 5) is 24.0. The Hall–Kier alpha value is -1.84. The number of aryl methyl sites for hydroxylation is 1. The minimum Gasteiger partial charge on any atom is -0.369 e. The Bertz CT molecular complexity index is 584. The number of carbonyl (C=O) groups is 2. The molecule has 0 aromatic heterocycles. The highest BCUT2D eigenvalue weighted by Crippen LogP contribution is 2.48. The summed E-state index contributed by atoms with van der Waals surface area (Å²) in [5, 5.41) is 3.09. The zero-order chi connectivity index (χ0) is 15.7. The molecule has 0 bridgehead atoms. The summed E-state index contributed by atoms with van der Waals surface area (Å²) in [6.45, 7) is 2.09. The Labute approximate surface area is 131 Å². The molecule has 4 nitrogen and oxygen atoms in total. The highest BCUT2D eigenvalue weighted by atomic mass is 16.2. The van der Waals surface area contributed by atoms with Crippen molar-refractivity contribution in [3.63, 3.8) is 0 Å². The first-order chi connectivity index (χ1) is 10.6. The van der Waals surface area contributed by atoms with Gasteiger partial charge in [0.25, 0.3) is 0 Å². The van der Waals surface area contributed by atoms with Crippen LogP contribution in [0.1, 0.15) is 49.1 Å². The number of amides is 2. The molecule has 4 unspecified atom stereocenters. The van der Waals surface area contributed by atoms with Crippen molar-refractivity contribution in [1.29, 1.82) is 0 Å². The second kappa shape index (κ2) is 6.11. The number of nitrogens with one attached hydrogen (secondary N) is 1. The molecule has 3 rings (SSSR count). The lowest BCUT2D eigenvalue weighted by Gasteiger charge is -2.30. The molecule has 2 aliphatic rings. The predicted molar refractivity (Wildman–Crippen MR) is 85.1 cm³/mol. The fraction of sp³-hybridized carbons (Fsp3) is 0.556. The van der Waals surface area contributed by atoms with Crippen molar-refractivity contribution in [3.8, 4) is 0 Å². The van der Waals surface area contributed by atoms with Crippen molar-refractivity contribution in [2.24, 2.45) is 17.6 Å². The van der Waals surface area contributed by atoms with Crippen molar-refractivity contribution < 1.29 is 9.59 Å². The van der Waals surface area contributed by atoms with E-state index in [0.717, 1.165) is 32.1 Å². The number of hydrogen-bond acceptors (Lipinski definition) is 2. The second-order valence-corrected chi connectivity index (χ2v) is 6.71. The average Bonchev–Trinajstić information content (AvgIpc) is 3.28. The van der Waals surface area contributed by atoms with Crippen molar-refractivity contribution in [3.05, 3.63) is 35.4 Å². The molecule has 0 radical (unpaired) electrons. The fourth-order valence-corrected chi connectivity index (χ4v) is 3.77. The molecule has 2 aliphatic carbocycles. The van der Waals surface area contributed by atoms with Crippen LogP contribution in [0.25, 0.3) is 0 Å². The lowest BCUT2D eigenvalue weighted by atomic mass is 9.84. The van der Waals surface area contributed by atoms with Gasteiger partial charge in [0.05, 0.1) is 5.92 Å². The van der Waals surface area contributed by atoms with E-state index in [0.29, 0.717) is 5.92 Å². The molecule has 22 heavy (non-hydrogen) atoms. The van der Waals surface area contributed by atoms with Crippen molar-refractivity contribution >= 4 is 11.8 Å². The van der Waals surface area contributed by atoms with Gasteiger partial charge < -0.3 is 11.1 Å². The summed E-state index contributed by atoms with van der Waals surface area (Å²) in [6, 6.07) is 8.18. The molecule has 0 heterocycles. The summed E-state index contributed by atoms with van der Waals surface area (Å²) >= 11 is 0. The van der Waals surface area contributed by atoms with E-state index >= 15 is 0 Å². The van der Waals surface area contributed by atoms with Crippen LogP contribution in [0.4, 0.5) is 0 Å². The van der Waals surface area contributed by atoms with Gasteiger partial charge in [-0.1, -0.05) is 37.1 Å². The standard InChI is InChI=1S/C18H24N2O2/c1-11-6-2-3-7-12(11)14-10-15(14)18(22)20-16-9-5-4-8-13(16)17(19)21/h2-3,6-7,13-16H,4-5,8-10H2,1H3,(H2,19,21)(H,20,22). The van der Waals surface area contributed by atoms with Crippen LogP contribution < -0.4 is 11.1 Å². The first-order valence-corrected chi connectivity index (χ1v) is 8.23. The number of rotatable bonds is 4. The van der Waals surface area contributed by atoms with Crippen LogP contribution in [0.2, 0.25) is 0 Å². The minimum absolute atomic E-state index is 0.0524. The normalized spacial score (nSPS) is 30.6. The zero-order valence-corrected chi connectivity index (χ0v) is 13.0. The molecule has 1 aromatic rings. The zero-order valence-electron chi connectivity index (χ0n) is 13.0. The van der Waals surface area contributed by atoms with Gasteiger partial charge in [0, 0.05) is 12.0 Å². The summed E-state index contributed by atoms with van der Waals surface area (Å²) in [5.41, 5.74) is 7.99. The molecule has 2 saturated carbocycles. The summed E-state index contributed by atoms with van der Waals surface area (Å²) < 4.78 is 0. The Morgan fingerprint density at radius 2 is 1.86 bits per heavy atom. The van der Waals surface area contributed by atoms with Crippen LogP contribution in [0.3, 0.4) is 0 Å². The van der Waals surface area contributed by atoms with E-state index < -0.39 is 0 Å². The largest absolute Gasteiger partial charge is 0.369 e. The number of hydrogen-bond donors (Lipinski definition) is 2. The van der Waals surface area contributed by atoms with Gasteiger partial charge in [0.15, 0.2) is 0 Å². The average molecular weight is 300 g/mol. The minimum atomic E-state index is -0.281. The predicted octanol–water partition coefficient (Wildman–Crippen LogP) is 2.26. The molecular formula is C18H24N2O2. The third kappa shape index (κ3) is 3.01. The van der Waals surface area contributed by atoms with Crippen molar-refractivity contribution in [1.82, 2.24) is 5.32 Å². The summed E-state index contributed by atoms with van der Waals surface area (Å²) in [7, 11) is 0. The van der Waals surface area contributed by atoms with E-state index in [9.17, 15) is 9.59 Å². The van der Waals surface area contributed by atoms with Gasteiger partial charge >= 0.3 is 0 Å². The molecule has 0 aliphatic heterocycles. The van der Waals surface area contributed by atoms with Crippen LogP contribution in [0.15, 0.2) is 24.3 Å².